The van der Waals surface area contributed by atoms with Crippen molar-refractivity contribution in [1.82, 2.24) is 9.88 Å². The van der Waals surface area contributed by atoms with Crippen LogP contribution in [0.4, 0.5) is 0 Å². The first-order valence-electron chi connectivity index (χ1n) is 6.07. The van der Waals surface area contributed by atoms with Crippen LogP contribution in [0.3, 0.4) is 0 Å². The van der Waals surface area contributed by atoms with Crippen LogP contribution < -0.4 is 0 Å². The number of aliphatic carboxylic acids is 1. The van der Waals surface area contributed by atoms with E-state index in [1.807, 2.05) is 14.1 Å². The zero-order valence-corrected chi connectivity index (χ0v) is 12.0. The van der Waals surface area contributed by atoms with Gasteiger partial charge in [-0.2, -0.15) is 0 Å². The van der Waals surface area contributed by atoms with Gasteiger partial charge in [0.2, 0.25) is 0 Å². The molecule has 0 saturated carbocycles. The quantitative estimate of drug-likeness (QED) is 0.771. The smallest absolute Gasteiger partial charge is 0.328 e. The number of carboxylic acids is 1. The standard InChI is InChI=1S/C13H20N2O2S/c1-4-5-10-11(6-7-13(16)17)18-12(14-10)8-9-15(2)3/h6-7H,4-5,8-9H2,1-3H3,(H,16,17)/b7-6+. The first-order chi connectivity index (χ1) is 8.52. The summed E-state index contributed by atoms with van der Waals surface area (Å²) >= 11 is 1.60. The number of rotatable bonds is 7. The third-order valence-electron chi connectivity index (χ3n) is 2.41. The van der Waals surface area contributed by atoms with Gasteiger partial charge in [0.1, 0.15) is 0 Å². The number of carboxylic acid groups (broad SMARTS) is 1. The van der Waals surface area contributed by atoms with Gasteiger partial charge in [-0.3, -0.25) is 0 Å². The lowest BCUT2D eigenvalue weighted by molar-refractivity contribution is -0.131. The topological polar surface area (TPSA) is 53.4 Å². The minimum Gasteiger partial charge on any atom is -0.478 e. The molecule has 0 bridgehead atoms. The summed E-state index contributed by atoms with van der Waals surface area (Å²) in [4.78, 5) is 18.3. The molecule has 0 aliphatic heterocycles. The molecule has 0 unspecified atom stereocenters. The zero-order valence-electron chi connectivity index (χ0n) is 11.1. The average Bonchev–Trinajstić information content (AvgIpc) is 2.67. The number of carbonyl (C=O) groups is 1. The second-order valence-corrected chi connectivity index (χ2v) is 5.51. The minimum atomic E-state index is -0.916. The van der Waals surface area contributed by atoms with Gasteiger partial charge >= 0.3 is 5.97 Å². The van der Waals surface area contributed by atoms with Gasteiger partial charge in [-0.05, 0) is 26.6 Å². The maximum atomic E-state index is 10.6. The highest BCUT2D eigenvalue weighted by atomic mass is 32.1. The van der Waals surface area contributed by atoms with Crippen molar-refractivity contribution in [1.29, 1.82) is 0 Å². The van der Waals surface area contributed by atoms with Crippen molar-refractivity contribution < 1.29 is 9.90 Å². The van der Waals surface area contributed by atoms with Gasteiger partial charge in [0.25, 0.3) is 0 Å². The molecule has 0 aliphatic rings. The summed E-state index contributed by atoms with van der Waals surface area (Å²) in [6.07, 6.45) is 5.67. The molecule has 1 N–H and O–H groups in total. The minimum absolute atomic E-state index is 0.901. The van der Waals surface area contributed by atoms with Gasteiger partial charge in [-0.15, -0.1) is 11.3 Å². The second-order valence-electron chi connectivity index (χ2n) is 4.39. The Kier molecular flexibility index (Phi) is 6.01. The van der Waals surface area contributed by atoms with Crippen LogP contribution in [-0.4, -0.2) is 41.6 Å². The van der Waals surface area contributed by atoms with Crippen LogP contribution in [0.15, 0.2) is 6.08 Å². The summed E-state index contributed by atoms with van der Waals surface area (Å²) in [7, 11) is 4.07. The number of aromatic nitrogens is 1. The van der Waals surface area contributed by atoms with Gasteiger partial charge in [-0.25, -0.2) is 9.78 Å². The maximum absolute atomic E-state index is 10.6. The van der Waals surface area contributed by atoms with E-state index in [2.05, 4.69) is 16.8 Å². The van der Waals surface area contributed by atoms with Crippen LogP contribution in [0, 0.1) is 0 Å². The number of hydrogen-bond acceptors (Lipinski definition) is 4. The number of thiazole rings is 1. The molecule has 5 heteroatoms. The van der Waals surface area contributed by atoms with Crippen molar-refractivity contribution in [2.75, 3.05) is 20.6 Å². The summed E-state index contributed by atoms with van der Waals surface area (Å²) in [5, 5.41) is 9.75. The molecule has 0 atom stereocenters. The van der Waals surface area contributed by atoms with Gasteiger partial charge < -0.3 is 10.0 Å². The molecule has 1 aromatic rings. The molecule has 0 radical (unpaired) electrons. The van der Waals surface area contributed by atoms with E-state index in [9.17, 15) is 4.79 Å². The molecular weight excluding hydrogens is 248 g/mol. The molecule has 18 heavy (non-hydrogen) atoms. The third-order valence-corrected chi connectivity index (χ3v) is 3.53. The van der Waals surface area contributed by atoms with E-state index in [4.69, 9.17) is 5.11 Å². The molecule has 0 aliphatic carbocycles. The number of nitrogens with zero attached hydrogens (tertiary/aromatic N) is 2. The van der Waals surface area contributed by atoms with Crippen LogP contribution in [0.1, 0.15) is 28.9 Å². The summed E-state index contributed by atoms with van der Waals surface area (Å²) in [5.74, 6) is -0.916. The summed E-state index contributed by atoms with van der Waals surface area (Å²) in [6, 6.07) is 0. The van der Waals surface area contributed by atoms with E-state index >= 15 is 0 Å². The lowest BCUT2D eigenvalue weighted by Crippen LogP contribution is -2.14. The van der Waals surface area contributed by atoms with Crippen molar-refractivity contribution in [2.45, 2.75) is 26.2 Å². The number of aryl methyl sites for hydroxylation is 1. The van der Waals surface area contributed by atoms with Crippen LogP contribution in [0.5, 0.6) is 0 Å². The Balaban J connectivity index is 2.82. The lowest BCUT2D eigenvalue weighted by atomic mass is 10.2. The van der Waals surface area contributed by atoms with Crippen molar-refractivity contribution in [2.24, 2.45) is 0 Å². The van der Waals surface area contributed by atoms with Crippen molar-refractivity contribution in [3.8, 4) is 0 Å². The molecule has 1 aromatic heterocycles. The normalized spacial score (nSPS) is 11.6. The molecule has 4 nitrogen and oxygen atoms in total. The van der Waals surface area contributed by atoms with E-state index < -0.39 is 5.97 Å². The van der Waals surface area contributed by atoms with E-state index in [1.54, 1.807) is 17.4 Å². The Morgan fingerprint density at radius 1 is 1.44 bits per heavy atom. The van der Waals surface area contributed by atoms with Crippen molar-refractivity contribution in [3.05, 3.63) is 21.7 Å². The Labute approximate surface area is 112 Å². The number of hydrogen-bond donors (Lipinski definition) is 1. The van der Waals surface area contributed by atoms with E-state index in [-0.39, 0.29) is 0 Å². The van der Waals surface area contributed by atoms with Crippen LogP contribution in [-0.2, 0) is 17.6 Å². The molecule has 100 valence electrons. The predicted octanol–water partition coefficient (Wildman–Crippen LogP) is 2.30. The largest absolute Gasteiger partial charge is 0.478 e. The SMILES string of the molecule is CCCc1nc(CCN(C)C)sc1/C=C/C(=O)O. The predicted molar refractivity (Wildman–Crippen MR) is 75.0 cm³/mol. The average molecular weight is 268 g/mol. The van der Waals surface area contributed by atoms with Crippen LogP contribution >= 0.6 is 11.3 Å². The van der Waals surface area contributed by atoms with Crippen molar-refractivity contribution >= 4 is 23.4 Å². The molecule has 0 saturated heterocycles. The van der Waals surface area contributed by atoms with Crippen LogP contribution in [0.25, 0.3) is 6.08 Å². The Morgan fingerprint density at radius 2 is 2.17 bits per heavy atom. The fourth-order valence-electron chi connectivity index (χ4n) is 1.53. The first-order valence-corrected chi connectivity index (χ1v) is 6.89. The van der Waals surface area contributed by atoms with Crippen molar-refractivity contribution in [3.63, 3.8) is 0 Å². The third kappa shape index (κ3) is 4.98. The fraction of sp³-hybridized carbons (Fsp3) is 0.538. The van der Waals surface area contributed by atoms with Gasteiger partial charge in [0, 0.05) is 19.0 Å². The monoisotopic (exact) mass is 268 g/mol. The maximum Gasteiger partial charge on any atom is 0.328 e. The number of likely N-dealkylation sites (N-methyl/N-ethyl adjacent to an activating group) is 1. The highest BCUT2D eigenvalue weighted by Crippen LogP contribution is 2.22. The van der Waals surface area contributed by atoms with Gasteiger partial charge in [-0.1, -0.05) is 13.3 Å². The van der Waals surface area contributed by atoms with Gasteiger partial charge in [0.05, 0.1) is 15.6 Å². The summed E-state index contributed by atoms with van der Waals surface area (Å²) < 4.78 is 0. The molecule has 0 aromatic carbocycles. The molecule has 1 heterocycles. The fourth-order valence-corrected chi connectivity index (χ4v) is 2.54. The summed E-state index contributed by atoms with van der Waals surface area (Å²) in [6.45, 7) is 3.06. The second kappa shape index (κ2) is 7.28. The Bertz CT molecular complexity index is 425. The van der Waals surface area contributed by atoms with E-state index in [0.29, 0.717) is 0 Å². The zero-order chi connectivity index (χ0) is 13.5. The highest BCUT2D eigenvalue weighted by molar-refractivity contribution is 7.12. The Hall–Kier alpha value is -1.20. The van der Waals surface area contributed by atoms with Crippen LogP contribution in [0.2, 0.25) is 0 Å². The Morgan fingerprint density at radius 3 is 2.72 bits per heavy atom. The molecule has 0 fully saturated rings. The highest BCUT2D eigenvalue weighted by Gasteiger charge is 2.09. The lowest BCUT2D eigenvalue weighted by Gasteiger charge is -2.06. The van der Waals surface area contributed by atoms with E-state index in [1.165, 1.54) is 6.08 Å². The molecule has 0 spiro atoms. The molecule has 1 rings (SSSR count). The molecular formula is C13H20N2O2S. The van der Waals surface area contributed by atoms with E-state index in [0.717, 1.165) is 41.4 Å². The van der Waals surface area contributed by atoms with Gasteiger partial charge in [0.15, 0.2) is 0 Å². The molecule has 0 amide bonds. The first kappa shape index (κ1) is 14.9. The summed E-state index contributed by atoms with van der Waals surface area (Å²) in [5.41, 5.74) is 1.02.